The van der Waals surface area contributed by atoms with Gasteiger partial charge >= 0.3 is 0 Å². The number of thiazole rings is 1. The minimum absolute atomic E-state index is 0.354. The molecule has 0 unspecified atom stereocenters. The van der Waals surface area contributed by atoms with Gasteiger partial charge in [-0.3, -0.25) is 4.79 Å². The molecule has 0 spiro atoms. The molecule has 0 N–H and O–H groups in total. The van der Waals surface area contributed by atoms with Crippen molar-refractivity contribution in [2.24, 2.45) is 5.92 Å². The van der Waals surface area contributed by atoms with Gasteiger partial charge in [0.15, 0.2) is 0 Å². The first-order valence-electron chi connectivity index (χ1n) is 4.24. The van der Waals surface area contributed by atoms with Crippen LogP contribution < -0.4 is 0 Å². The van der Waals surface area contributed by atoms with E-state index in [0.717, 1.165) is 11.4 Å². The van der Waals surface area contributed by atoms with Gasteiger partial charge in [-0.15, -0.1) is 11.3 Å². The van der Waals surface area contributed by atoms with Crippen LogP contribution in [0.25, 0.3) is 0 Å². The molecule has 0 amide bonds. The summed E-state index contributed by atoms with van der Waals surface area (Å²) in [6.45, 7) is 0. The molecule has 1 fully saturated rings. The van der Waals surface area contributed by atoms with Gasteiger partial charge in [0.05, 0.1) is 11.4 Å². The molecule has 1 aromatic heterocycles. The molecule has 1 heterocycles. The number of hydrogen-bond acceptors (Lipinski definition) is 3. The van der Waals surface area contributed by atoms with Crippen molar-refractivity contribution in [3.63, 3.8) is 0 Å². The molecule has 0 aliphatic heterocycles. The number of carbonyl (C=O) groups is 1. The van der Waals surface area contributed by atoms with Gasteiger partial charge in [0.25, 0.3) is 0 Å². The first kappa shape index (κ1) is 7.92. The Morgan fingerprint density at radius 3 is 3.08 bits per heavy atom. The van der Waals surface area contributed by atoms with Crippen molar-refractivity contribution in [2.45, 2.75) is 25.7 Å². The Morgan fingerprint density at radius 1 is 1.67 bits per heavy atom. The molecule has 0 bridgehead atoms. The van der Waals surface area contributed by atoms with Crippen LogP contribution in [-0.2, 0) is 11.2 Å². The highest BCUT2D eigenvalue weighted by Gasteiger charge is 2.24. The highest BCUT2D eigenvalue weighted by molar-refractivity contribution is 7.09. The van der Waals surface area contributed by atoms with Crippen LogP contribution in [0.3, 0.4) is 0 Å². The van der Waals surface area contributed by atoms with Gasteiger partial charge in [-0.1, -0.05) is 0 Å². The van der Waals surface area contributed by atoms with Crippen LogP contribution in [0.5, 0.6) is 0 Å². The van der Waals surface area contributed by atoms with Crippen LogP contribution in [-0.4, -0.2) is 10.8 Å². The summed E-state index contributed by atoms with van der Waals surface area (Å²) in [6, 6.07) is 0. The van der Waals surface area contributed by atoms with E-state index in [0.29, 0.717) is 18.1 Å². The third-order valence-electron chi connectivity index (χ3n) is 2.05. The Hall–Kier alpha value is -0.700. The fourth-order valence-electron chi connectivity index (χ4n) is 1.23. The lowest BCUT2D eigenvalue weighted by Crippen LogP contribution is -2.02. The second-order valence-electron chi connectivity index (χ2n) is 3.29. The largest absolute Gasteiger partial charge is 0.299 e. The fourth-order valence-corrected chi connectivity index (χ4v) is 1.87. The topological polar surface area (TPSA) is 30.0 Å². The molecule has 12 heavy (non-hydrogen) atoms. The molecule has 0 aromatic carbocycles. The highest BCUT2D eigenvalue weighted by atomic mass is 32.1. The van der Waals surface area contributed by atoms with Crippen molar-refractivity contribution in [3.8, 4) is 0 Å². The number of rotatable bonds is 4. The molecule has 2 rings (SSSR count). The predicted octanol–water partition coefficient (Wildman–Crippen LogP) is 2.05. The van der Waals surface area contributed by atoms with Crippen molar-refractivity contribution in [2.75, 3.05) is 0 Å². The normalized spacial score (nSPS) is 16.3. The van der Waals surface area contributed by atoms with Crippen LogP contribution in [0.2, 0.25) is 0 Å². The van der Waals surface area contributed by atoms with Gasteiger partial charge in [-0.25, -0.2) is 4.98 Å². The van der Waals surface area contributed by atoms with Crippen LogP contribution in [0.1, 0.15) is 24.3 Å². The molecule has 1 aromatic rings. The van der Waals surface area contributed by atoms with Crippen molar-refractivity contribution in [3.05, 3.63) is 16.6 Å². The minimum atomic E-state index is 0.354. The van der Waals surface area contributed by atoms with Gasteiger partial charge < -0.3 is 0 Å². The summed E-state index contributed by atoms with van der Waals surface area (Å²) in [5.41, 5.74) is 0. The molecule has 0 atom stereocenters. The van der Waals surface area contributed by atoms with E-state index in [1.54, 1.807) is 17.5 Å². The van der Waals surface area contributed by atoms with Crippen molar-refractivity contribution in [1.82, 2.24) is 4.98 Å². The quantitative estimate of drug-likeness (QED) is 0.711. The first-order valence-corrected chi connectivity index (χ1v) is 5.12. The van der Waals surface area contributed by atoms with E-state index in [9.17, 15) is 4.79 Å². The number of aromatic nitrogens is 1. The number of Topliss-reactive ketones (excluding diaryl/α,β-unsaturated/α-hetero) is 1. The smallest absolute Gasteiger partial charge is 0.139 e. The van der Waals surface area contributed by atoms with E-state index in [-0.39, 0.29) is 0 Å². The van der Waals surface area contributed by atoms with Gasteiger partial charge in [-0.05, 0) is 18.8 Å². The van der Waals surface area contributed by atoms with Crippen LogP contribution in [0.4, 0.5) is 0 Å². The van der Waals surface area contributed by atoms with E-state index in [1.165, 1.54) is 12.8 Å². The second-order valence-corrected chi connectivity index (χ2v) is 4.27. The van der Waals surface area contributed by atoms with E-state index < -0.39 is 0 Å². The molecule has 1 aliphatic carbocycles. The lowest BCUT2D eigenvalue weighted by molar-refractivity contribution is -0.118. The molecule has 0 radical (unpaired) electrons. The molecular weight excluding hydrogens is 170 g/mol. The maximum absolute atomic E-state index is 11.3. The number of nitrogens with zero attached hydrogens (tertiary/aromatic N) is 1. The Labute approximate surface area is 75.6 Å². The summed E-state index contributed by atoms with van der Waals surface area (Å²) in [5.74, 6) is 1.06. The molecule has 64 valence electrons. The predicted molar refractivity (Wildman–Crippen MR) is 48.2 cm³/mol. The standard InChI is InChI=1S/C9H11NOS/c11-8(5-7-1-2-7)6-9-10-3-4-12-9/h3-4,7H,1-2,5-6H2. The van der Waals surface area contributed by atoms with Crippen molar-refractivity contribution >= 4 is 17.1 Å². The zero-order chi connectivity index (χ0) is 8.39. The highest BCUT2D eigenvalue weighted by Crippen LogP contribution is 2.32. The summed E-state index contributed by atoms with van der Waals surface area (Å²) < 4.78 is 0. The average molecular weight is 181 g/mol. The SMILES string of the molecule is O=C(Cc1nccs1)CC1CC1. The summed E-state index contributed by atoms with van der Waals surface area (Å²) in [4.78, 5) is 15.4. The molecule has 1 aliphatic rings. The van der Waals surface area contributed by atoms with Gasteiger partial charge in [0.1, 0.15) is 5.78 Å². The zero-order valence-corrected chi connectivity index (χ0v) is 7.64. The summed E-state index contributed by atoms with van der Waals surface area (Å²) in [7, 11) is 0. The Balaban J connectivity index is 1.82. The maximum Gasteiger partial charge on any atom is 0.139 e. The third kappa shape index (κ3) is 2.14. The van der Waals surface area contributed by atoms with E-state index in [1.807, 2.05) is 5.38 Å². The van der Waals surface area contributed by atoms with E-state index in [4.69, 9.17) is 0 Å². The Bertz CT molecular complexity index is 264. The molecule has 0 saturated heterocycles. The Kier molecular flexibility index (Phi) is 2.21. The van der Waals surface area contributed by atoms with E-state index >= 15 is 0 Å². The van der Waals surface area contributed by atoms with Gasteiger partial charge in [0, 0.05) is 18.0 Å². The van der Waals surface area contributed by atoms with E-state index in [2.05, 4.69) is 4.98 Å². The fraction of sp³-hybridized carbons (Fsp3) is 0.556. The number of hydrogen-bond donors (Lipinski definition) is 0. The van der Waals surface area contributed by atoms with Crippen molar-refractivity contribution < 1.29 is 4.79 Å². The molecular formula is C9H11NOS. The lowest BCUT2D eigenvalue weighted by Gasteiger charge is -1.94. The summed E-state index contributed by atoms with van der Waals surface area (Å²) >= 11 is 1.57. The van der Waals surface area contributed by atoms with Crippen LogP contribution >= 0.6 is 11.3 Å². The lowest BCUT2D eigenvalue weighted by atomic mass is 10.1. The van der Waals surface area contributed by atoms with Gasteiger partial charge in [0.2, 0.25) is 0 Å². The number of ketones is 1. The van der Waals surface area contributed by atoms with Gasteiger partial charge in [-0.2, -0.15) is 0 Å². The molecule has 3 heteroatoms. The first-order chi connectivity index (χ1) is 5.84. The van der Waals surface area contributed by atoms with Crippen LogP contribution in [0, 0.1) is 5.92 Å². The minimum Gasteiger partial charge on any atom is -0.299 e. The molecule has 2 nitrogen and oxygen atoms in total. The third-order valence-corrected chi connectivity index (χ3v) is 2.82. The number of carbonyl (C=O) groups excluding carboxylic acids is 1. The van der Waals surface area contributed by atoms with Crippen molar-refractivity contribution in [1.29, 1.82) is 0 Å². The Morgan fingerprint density at radius 2 is 2.50 bits per heavy atom. The monoisotopic (exact) mass is 181 g/mol. The summed E-state index contributed by atoms with van der Waals surface area (Å²) in [5, 5.41) is 2.88. The van der Waals surface area contributed by atoms with Crippen LogP contribution in [0.15, 0.2) is 11.6 Å². The molecule has 1 saturated carbocycles. The zero-order valence-electron chi connectivity index (χ0n) is 6.82. The second kappa shape index (κ2) is 3.35. The average Bonchev–Trinajstić information content (AvgIpc) is 2.66. The maximum atomic E-state index is 11.3. The summed E-state index contributed by atoms with van der Waals surface area (Å²) in [6.07, 6.45) is 5.59.